The maximum Gasteiger partial charge on any atom is 0.417 e. The van der Waals surface area contributed by atoms with Gasteiger partial charge in [0.25, 0.3) is 0 Å². The lowest BCUT2D eigenvalue weighted by Crippen LogP contribution is -2.08. The Labute approximate surface area is 80.6 Å². The van der Waals surface area contributed by atoms with E-state index in [0.717, 1.165) is 12.1 Å². The van der Waals surface area contributed by atoms with Gasteiger partial charge in [0, 0.05) is 0 Å². The molecule has 0 saturated carbocycles. The van der Waals surface area contributed by atoms with Crippen molar-refractivity contribution < 1.29 is 13.2 Å². The minimum atomic E-state index is -4.50. The van der Waals surface area contributed by atoms with Crippen LogP contribution in [0.1, 0.15) is 16.7 Å². The van der Waals surface area contributed by atoms with E-state index >= 15 is 0 Å². The summed E-state index contributed by atoms with van der Waals surface area (Å²) in [6.45, 7) is 0. The zero-order valence-electron chi connectivity index (χ0n) is 7.10. The lowest BCUT2D eigenvalue weighted by Gasteiger charge is -2.09. The molecular formula is C9H5BF3N. The van der Waals surface area contributed by atoms with Crippen LogP contribution in [-0.2, 0) is 12.5 Å². The zero-order valence-corrected chi connectivity index (χ0v) is 7.10. The molecule has 0 aliphatic carbocycles. The molecule has 0 N–H and O–H groups in total. The predicted molar refractivity (Wildman–Crippen MR) is 45.6 cm³/mol. The van der Waals surface area contributed by atoms with Gasteiger partial charge in [-0.15, -0.1) is 0 Å². The first-order chi connectivity index (χ1) is 6.49. The Morgan fingerprint density at radius 2 is 2.00 bits per heavy atom. The number of nitriles is 1. The number of hydrogen-bond donors (Lipinski definition) is 0. The molecule has 0 amide bonds. The third kappa shape index (κ3) is 2.08. The summed E-state index contributed by atoms with van der Waals surface area (Å²) in [6.07, 6.45) is -4.48. The van der Waals surface area contributed by atoms with Gasteiger partial charge in [-0.2, -0.15) is 18.4 Å². The fourth-order valence-electron chi connectivity index (χ4n) is 1.05. The number of nitrogens with zero attached hydrogens (tertiary/aromatic N) is 1. The minimum absolute atomic E-state index is 0.0226. The Bertz CT molecular complexity index is 379. The van der Waals surface area contributed by atoms with Crippen molar-refractivity contribution in [3.63, 3.8) is 0 Å². The van der Waals surface area contributed by atoms with E-state index in [9.17, 15) is 13.2 Å². The molecule has 0 bridgehead atoms. The minimum Gasteiger partial charge on any atom is -0.192 e. The van der Waals surface area contributed by atoms with Gasteiger partial charge < -0.3 is 0 Å². The van der Waals surface area contributed by atoms with Crippen LogP contribution in [0, 0.1) is 11.3 Å². The average Bonchev–Trinajstić information content (AvgIpc) is 2.15. The van der Waals surface area contributed by atoms with Gasteiger partial charge in [0.15, 0.2) is 0 Å². The molecule has 0 atom stereocenters. The fraction of sp³-hybridized carbons (Fsp3) is 0.222. The van der Waals surface area contributed by atoms with Gasteiger partial charge in [0.1, 0.15) is 0 Å². The van der Waals surface area contributed by atoms with Crippen LogP contribution >= 0.6 is 0 Å². The highest BCUT2D eigenvalue weighted by Gasteiger charge is 2.33. The van der Waals surface area contributed by atoms with Crippen molar-refractivity contribution in [2.24, 2.45) is 0 Å². The van der Waals surface area contributed by atoms with Gasteiger partial charge in [-0.1, -0.05) is 17.9 Å². The summed E-state index contributed by atoms with van der Waals surface area (Å²) in [7, 11) is 5.20. The summed E-state index contributed by atoms with van der Waals surface area (Å²) in [6, 6.07) is 4.93. The molecule has 1 aromatic carbocycles. The van der Waals surface area contributed by atoms with Gasteiger partial charge in [-0.3, -0.25) is 0 Å². The van der Waals surface area contributed by atoms with Crippen molar-refractivity contribution in [2.75, 3.05) is 0 Å². The molecule has 14 heavy (non-hydrogen) atoms. The van der Waals surface area contributed by atoms with E-state index in [1.54, 1.807) is 0 Å². The highest BCUT2D eigenvalue weighted by molar-refractivity contribution is 6.08. The van der Waals surface area contributed by atoms with Crippen molar-refractivity contribution in [1.29, 1.82) is 5.26 Å². The van der Waals surface area contributed by atoms with Gasteiger partial charge in [-0.05, 0) is 12.1 Å². The topological polar surface area (TPSA) is 23.8 Å². The van der Waals surface area contributed by atoms with Crippen molar-refractivity contribution >= 4 is 7.85 Å². The smallest absolute Gasteiger partial charge is 0.192 e. The molecule has 1 aromatic rings. The SMILES string of the molecule is [B]Cc1ccc(C#N)c(C(F)(F)F)c1. The molecule has 2 radical (unpaired) electrons. The number of halogens is 3. The first kappa shape index (κ1) is 10.6. The van der Waals surface area contributed by atoms with Crippen LogP contribution in [0.2, 0.25) is 0 Å². The van der Waals surface area contributed by atoms with Crippen LogP contribution in [0.5, 0.6) is 0 Å². The Morgan fingerprint density at radius 1 is 1.36 bits per heavy atom. The van der Waals surface area contributed by atoms with Crippen LogP contribution < -0.4 is 0 Å². The Kier molecular flexibility index (Phi) is 2.85. The monoisotopic (exact) mass is 195 g/mol. The van der Waals surface area contributed by atoms with Gasteiger partial charge in [0.2, 0.25) is 0 Å². The van der Waals surface area contributed by atoms with Gasteiger partial charge in [-0.25, -0.2) is 0 Å². The summed E-state index contributed by atoms with van der Waals surface area (Å²) < 4.78 is 37.1. The molecule has 0 unspecified atom stereocenters. The van der Waals surface area contributed by atoms with Crippen LogP contribution in [0.15, 0.2) is 18.2 Å². The molecule has 0 saturated heterocycles. The highest BCUT2D eigenvalue weighted by atomic mass is 19.4. The van der Waals surface area contributed by atoms with Crippen LogP contribution in [-0.4, -0.2) is 7.85 Å². The summed E-state index contributed by atoms with van der Waals surface area (Å²) in [5.74, 6) is 0. The van der Waals surface area contributed by atoms with Crippen molar-refractivity contribution in [1.82, 2.24) is 0 Å². The molecule has 5 heteroatoms. The quantitative estimate of drug-likeness (QED) is 0.630. The van der Waals surface area contributed by atoms with E-state index in [0.29, 0.717) is 5.56 Å². The van der Waals surface area contributed by atoms with Crippen LogP contribution in [0.3, 0.4) is 0 Å². The zero-order chi connectivity index (χ0) is 10.8. The average molecular weight is 195 g/mol. The second kappa shape index (κ2) is 3.75. The number of rotatable bonds is 1. The number of benzene rings is 1. The maximum absolute atomic E-state index is 12.4. The summed E-state index contributed by atoms with van der Waals surface area (Å²) in [5.41, 5.74) is -0.950. The molecule has 0 aromatic heterocycles. The third-order valence-electron chi connectivity index (χ3n) is 1.75. The predicted octanol–water partition coefficient (Wildman–Crippen LogP) is 2.25. The van der Waals surface area contributed by atoms with E-state index < -0.39 is 11.7 Å². The summed E-state index contributed by atoms with van der Waals surface area (Å²) in [4.78, 5) is 0. The Hall–Kier alpha value is -1.44. The molecule has 0 heterocycles. The van der Waals surface area contributed by atoms with Gasteiger partial charge >= 0.3 is 6.18 Å². The summed E-state index contributed by atoms with van der Waals surface area (Å²) in [5, 5.41) is 8.46. The number of hydrogen-bond acceptors (Lipinski definition) is 1. The largest absolute Gasteiger partial charge is 0.417 e. The van der Waals surface area contributed by atoms with E-state index in [-0.39, 0.29) is 11.9 Å². The van der Waals surface area contributed by atoms with Crippen molar-refractivity contribution in [3.05, 3.63) is 34.9 Å². The first-order valence-corrected chi connectivity index (χ1v) is 3.79. The normalized spacial score (nSPS) is 11.0. The lowest BCUT2D eigenvalue weighted by atomic mass is 9.94. The van der Waals surface area contributed by atoms with Gasteiger partial charge in [0.05, 0.1) is 25.0 Å². The number of alkyl halides is 3. The molecule has 0 spiro atoms. The fourth-order valence-corrected chi connectivity index (χ4v) is 1.05. The standard InChI is InChI=1S/C9H5BF3N/c10-4-6-1-2-7(5-14)8(3-6)9(11,12)13/h1-3H,4H2. The van der Waals surface area contributed by atoms with Crippen LogP contribution in [0.25, 0.3) is 0 Å². The molecular weight excluding hydrogens is 190 g/mol. The maximum atomic E-state index is 12.4. The molecule has 0 aliphatic heterocycles. The molecule has 70 valence electrons. The molecule has 0 fully saturated rings. The van der Waals surface area contributed by atoms with Crippen LogP contribution in [0.4, 0.5) is 13.2 Å². The van der Waals surface area contributed by atoms with E-state index in [1.807, 2.05) is 0 Å². The first-order valence-electron chi connectivity index (χ1n) is 3.79. The lowest BCUT2D eigenvalue weighted by molar-refractivity contribution is -0.137. The van der Waals surface area contributed by atoms with E-state index in [4.69, 9.17) is 13.1 Å². The Morgan fingerprint density at radius 3 is 2.43 bits per heavy atom. The van der Waals surface area contributed by atoms with E-state index in [2.05, 4.69) is 0 Å². The molecule has 1 nitrogen and oxygen atoms in total. The molecule has 1 rings (SSSR count). The summed E-state index contributed by atoms with van der Waals surface area (Å²) >= 11 is 0. The second-order valence-corrected chi connectivity index (χ2v) is 2.69. The highest BCUT2D eigenvalue weighted by Crippen LogP contribution is 2.32. The van der Waals surface area contributed by atoms with Crippen molar-refractivity contribution in [3.8, 4) is 6.07 Å². The van der Waals surface area contributed by atoms with E-state index in [1.165, 1.54) is 12.1 Å². The third-order valence-corrected chi connectivity index (χ3v) is 1.75. The van der Waals surface area contributed by atoms with Crippen molar-refractivity contribution in [2.45, 2.75) is 12.5 Å². The Balaban J connectivity index is 3.31. The second-order valence-electron chi connectivity index (χ2n) is 2.69. The molecule has 0 aliphatic rings.